The van der Waals surface area contributed by atoms with Gasteiger partial charge in [-0.15, -0.1) is 0 Å². The molecule has 0 spiro atoms. The third-order valence-corrected chi connectivity index (χ3v) is 6.94. The van der Waals surface area contributed by atoms with Crippen molar-refractivity contribution in [2.75, 3.05) is 19.7 Å². The van der Waals surface area contributed by atoms with Crippen LogP contribution in [-0.2, 0) is 23.0 Å². The fourth-order valence-corrected chi connectivity index (χ4v) is 4.95. The molecule has 1 unspecified atom stereocenters. The molecule has 1 heterocycles. The molecular formula is C22H23F4NO5S. The molecule has 0 bridgehead atoms. The molecule has 2 aromatic rings. The molecule has 4 rings (SSSR count). The fraction of sp³-hybridized carbons (Fsp3) is 0.455. The zero-order valence-corrected chi connectivity index (χ0v) is 18.8. The molecular weight excluding hydrogens is 466 g/mol. The van der Waals surface area contributed by atoms with E-state index in [9.17, 15) is 31.1 Å². The molecule has 0 aromatic heterocycles. The minimum Gasteiger partial charge on any atom is -0.504 e. The molecule has 2 atom stereocenters. The minimum atomic E-state index is -5.85. The summed E-state index contributed by atoms with van der Waals surface area (Å²) in [6, 6.07) is 5.44. The Morgan fingerprint density at radius 3 is 2.61 bits per heavy atom. The first-order valence-electron chi connectivity index (χ1n) is 10.5. The van der Waals surface area contributed by atoms with Crippen molar-refractivity contribution < 1.29 is 40.0 Å². The Morgan fingerprint density at radius 2 is 1.97 bits per heavy atom. The smallest absolute Gasteiger partial charge is 0.504 e. The molecule has 0 saturated heterocycles. The molecule has 6 nitrogen and oxygen atoms in total. The number of rotatable bonds is 6. The van der Waals surface area contributed by atoms with Gasteiger partial charge in [-0.1, -0.05) is 13.0 Å². The first kappa shape index (κ1) is 23.6. The van der Waals surface area contributed by atoms with Crippen LogP contribution in [0.1, 0.15) is 36.6 Å². The Morgan fingerprint density at radius 1 is 1.24 bits per heavy atom. The van der Waals surface area contributed by atoms with E-state index < -0.39 is 27.5 Å². The van der Waals surface area contributed by atoms with Gasteiger partial charge in [-0.05, 0) is 66.8 Å². The summed E-state index contributed by atoms with van der Waals surface area (Å²) >= 11 is 0. The van der Waals surface area contributed by atoms with Crippen molar-refractivity contribution in [1.82, 2.24) is 4.90 Å². The lowest BCUT2D eigenvalue weighted by Gasteiger charge is -2.41. The van der Waals surface area contributed by atoms with Gasteiger partial charge >= 0.3 is 15.6 Å². The lowest BCUT2D eigenvalue weighted by atomic mass is 9.76. The molecule has 2 aliphatic rings. The molecule has 11 heteroatoms. The Kier molecular flexibility index (Phi) is 5.98. The molecule has 180 valence electrons. The fourth-order valence-electron chi connectivity index (χ4n) is 4.50. The topological polar surface area (TPSA) is 76.1 Å². The predicted octanol–water partition coefficient (Wildman–Crippen LogP) is 4.50. The van der Waals surface area contributed by atoms with Crippen LogP contribution in [0.4, 0.5) is 17.6 Å². The van der Waals surface area contributed by atoms with E-state index in [0.717, 1.165) is 30.3 Å². The lowest BCUT2D eigenvalue weighted by molar-refractivity contribution is -0.0500. The summed E-state index contributed by atoms with van der Waals surface area (Å²) in [7, 11) is -5.85. The maximum atomic E-state index is 13.4. The van der Waals surface area contributed by atoms with Crippen LogP contribution in [0.15, 0.2) is 24.3 Å². The highest BCUT2D eigenvalue weighted by molar-refractivity contribution is 7.88. The number of halogens is 4. The third kappa shape index (κ3) is 4.23. The summed E-state index contributed by atoms with van der Waals surface area (Å²) in [5, 5.41) is 11.1. The van der Waals surface area contributed by atoms with Crippen LogP contribution in [0.5, 0.6) is 17.2 Å². The SMILES string of the molecule is CCN1CCc2cc(OC[C@@H](C)F)c(O)c3c2C1Cc1ccc(OS(=O)(=O)C(F)(F)F)cc1-3. The van der Waals surface area contributed by atoms with Crippen molar-refractivity contribution in [2.45, 2.75) is 44.4 Å². The van der Waals surface area contributed by atoms with E-state index >= 15 is 0 Å². The van der Waals surface area contributed by atoms with Gasteiger partial charge in [-0.2, -0.15) is 21.6 Å². The Balaban J connectivity index is 1.87. The van der Waals surface area contributed by atoms with Crippen LogP contribution in [0.2, 0.25) is 0 Å². The van der Waals surface area contributed by atoms with Crippen LogP contribution in [0, 0.1) is 0 Å². The first-order valence-corrected chi connectivity index (χ1v) is 11.9. The molecule has 33 heavy (non-hydrogen) atoms. The van der Waals surface area contributed by atoms with Crippen LogP contribution in [0.25, 0.3) is 11.1 Å². The second-order valence-electron chi connectivity index (χ2n) is 8.16. The summed E-state index contributed by atoms with van der Waals surface area (Å²) < 4.78 is 84.5. The molecule has 1 N–H and O–H groups in total. The summed E-state index contributed by atoms with van der Waals surface area (Å²) in [5.74, 6) is -0.724. The number of hydrogen-bond donors (Lipinski definition) is 1. The van der Waals surface area contributed by atoms with E-state index in [2.05, 4.69) is 9.08 Å². The maximum Gasteiger partial charge on any atom is 0.534 e. The second-order valence-corrected chi connectivity index (χ2v) is 9.70. The second kappa shape index (κ2) is 8.35. The number of hydrogen-bond acceptors (Lipinski definition) is 6. The summed E-state index contributed by atoms with van der Waals surface area (Å²) in [6.07, 6.45) is -0.112. The molecule has 0 radical (unpaired) electrons. The summed E-state index contributed by atoms with van der Waals surface area (Å²) in [6.45, 7) is 4.56. The van der Waals surface area contributed by atoms with Gasteiger partial charge in [0, 0.05) is 18.2 Å². The van der Waals surface area contributed by atoms with Crippen molar-refractivity contribution in [3.05, 3.63) is 41.0 Å². The van der Waals surface area contributed by atoms with E-state index in [-0.39, 0.29) is 24.1 Å². The van der Waals surface area contributed by atoms with E-state index in [1.165, 1.54) is 19.1 Å². The average molecular weight is 489 g/mol. The Bertz CT molecular complexity index is 1180. The number of aromatic hydroxyl groups is 1. The van der Waals surface area contributed by atoms with Gasteiger partial charge in [-0.3, -0.25) is 4.90 Å². The average Bonchev–Trinajstić information content (AvgIpc) is 2.73. The molecule has 1 aliphatic carbocycles. The molecule has 1 aliphatic heterocycles. The first-order chi connectivity index (χ1) is 15.4. The maximum absolute atomic E-state index is 13.4. The van der Waals surface area contributed by atoms with Crippen LogP contribution < -0.4 is 8.92 Å². The molecule has 2 aromatic carbocycles. The van der Waals surface area contributed by atoms with Crippen LogP contribution in [0.3, 0.4) is 0 Å². The number of alkyl halides is 4. The predicted molar refractivity (Wildman–Crippen MR) is 113 cm³/mol. The van der Waals surface area contributed by atoms with Crippen molar-refractivity contribution >= 4 is 10.1 Å². The zero-order valence-electron chi connectivity index (χ0n) is 17.9. The van der Waals surface area contributed by atoms with Gasteiger partial charge in [0.05, 0.1) is 0 Å². The summed E-state index contributed by atoms with van der Waals surface area (Å²) in [5.41, 5.74) is -2.47. The Labute approximate surface area is 188 Å². The van der Waals surface area contributed by atoms with Gasteiger partial charge < -0.3 is 14.0 Å². The van der Waals surface area contributed by atoms with Crippen molar-refractivity contribution in [1.29, 1.82) is 0 Å². The summed E-state index contributed by atoms with van der Waals surface area (Å²) in [4.78, 5) is 2.23. The van der Waals surface area contributed by atoms with E-state index in [0.29, 0.717) is 29.5 Å². The Hall–Kier alpha value is -2.53. The standard InChI is InChI=1S/C22H23F4NO5S/c1-3-27-7-6-14-9-18(31-11-12(2)23)21(28)20-16-10-15(32-33(29,30)22(24,25)26)5-4-13(16)8-17(27)19(14)20/h4-5,9-10,12,17,28H,3,6-8,11H2,1-2H3/t12-,17?/m1/s1. The molecule has 0 amide bonds. The third-order valence-electron chi connectivity index (χ3n) is 5.96. The van der Waals surface area contributed by atoms with Gasteiger partial charge in [0.15, 0.2) is 11.5 Å². The highest BCUT2D eigenvalue weighted by Gasteiger charge is 2.48. The number of phenolic OH excluding ortho intramolecular Hbond substituents is 1. The number of nitrogens with zero attached hydrogens (tertiary/aromatic N) is 1. The van der Waals surface area contributed by atoms with Crippen LogP contribution >= 0.6 is 0 Å². The van der Waals surface area contributed by atoms with E-state index in [1.807, 2.05) is 6.92 Å². The number of fused-ring (bicyclic) bond motifs is 2. The van der Waals surface area contributed by atoms with Crippen molar-refractivity contribution in [3.8, 4) is 28.4 Å². The number of phenols is 1. The normalized spacial score (nSPS) is 18.9. The molecule has 0 fully saturated rings. The van der Waals surface area contributed by atoms with Gasteiger partial charge in [0.1, 0.15) is 18.5 Å². The highest BCUT2D eigenvalue weighted by atomic mass is 32.2. The van der Waals surface area contributed by atoms with Gasteiger partial charge in [0.25, 0.3) is 0 Å². The van der Waals surface area contributed by atoms with E-state index in [4.69, 9.17) is 4.74 Å². The largest absolute Gasteiger partial charge is 0.534 e. The molecule has 0 saturated carbocycles. The van der Waals surface area contributed by atoms with Crippen molar-refractivity contribution in [2.24, 2.45) is 0 Å². The quantitative estimate of drug-likeness (QED) is 0.366. The number of ether oxygens (including phenoxy) is 1. The van der Waals surface area contributed by atoms with E-state index in [1.54, 1.807) is 6.07 Å². The number of benzene rings is 2. The van der Waals surface area contributed by atoms with Crippen molar-refractivity contribution in [3.63, 3.8) is 0 Å². The zero-order chi connectivity index (χ0) is 24.1. The number of likely N-dealkylation sites (N-methyl/N-ethyl adjacent to an activating group) is 1. The minimum absolute atomic E-state index is 0.0685. The lowest BCUT2D eigenvalue weighted by Crippen LogP contribution is -2.38. The highest BCUT2D eigenvalue weighted by Crippen LogP contribution is 2.52. The van der Waals surface area contributed by atoms with Gasteiger partial charge in [-0.25, -0.2) is 4.39 Å². The van der Waals surface area contributed by atoms with Gasteiger partial charge in [0.2, 0.25) is 0 Å². The monoisotopic (exact) mass is 489 g/mol. The van der Waals surface area contributed by atoms with Crippen LogP contribution in [-0.4, -0.2) is 49.8 Å².